The maximum atomic E-state index is 13.5. The van der Waals surface area contributed by atoms with Gasteiger partial charge in [0.1, 0.15) is 5.69 Å². The molecule has 14 heteroatoms. The molecule has 3 N–H and O–H groups in total. The molecule has 0 saturated heterocycles. The maximum Gasteiger partial charge on any atom is 0.295 e. The van der Waals surface area contributed by atoms with Crippen LogP contribution >= 0.6 is 0 Å². The lowest BCUT2D eigenvalue weighted by Gasteiger charge is -2.05. The molecule has 0 fully saturated rings. The summed E-state index contributed by atoms with van der Waals surface area (Å²) in [6.07, 6.45) is 0.216. The molecule has 0 aromatic heterocycles. The van der Waals surface area contributed by atoms with Crippen LogP contribution in [-0.2, 0) is 10.0 Å². The second-order valence-corrected chi connectivity index (χ2v) is 6.40. The van der Waals surface area contributed by atoms with Crippen molar-refractivity contribution in [3.63, 3.8) is 0 Å². The molecule has 0 amide bonds. The van der Waals surface area contributed by atoms with Crippen LogP contribution in [0.15, 0.2) is 28.2 Å². The van der Waals surface area contributed by atoms with Crippen molar-refractivity contribution >= 4 is 27.6 Å². The highest BCUT2D eigenvalue weighted by Crippen LogP contribution is 2.27. The molecule has 0 aliphatic carbocycles. The number of rotatable bonds is 5. The highest BCUT2D eigenvalue weighted by molar-refractivity contribution is 7.89. The molecule has 0 aliphatic rings. The zero-order chi connectivity index (χ0) is 20.5. The predicted octanol–water partition coefficient (Wildman–Crippen LogP) is 2.38. The molecule has 0 atom stereocenters. The van der Waals surface area contributed by atoms with Gasteiger partial charge in [-0.1, -0.05) is 0 Å². The number of nitrogens with two attached hydrogens (primary N) is 1. The van der Waals surface area contributed by atoms with Gasteiger partial charge in [0, 0.05) is 6.07 Å². The Balaban J connectivity index is 2.42. The zero-order valence-corrected chi connectivity index (χ0v) is 13.5. The van der Waals surface area contributed by atoms with E-state index in [0.29, 0.717) is 6.07 Å². The van der Waals surface area contributed by atoms with Gasteiger partial charge in [-0.25, -0.2) is 35.5 Å². The average molecular weight is 410 g/mol. The van der Waals surface area contributed by atoms with E-state index in [4.69, 9.17) is 5.14 Å². The van der Waals surface area contributed by atoms with Crippen molar-refractivity contribution in [2.24, 2.45) is 10.2 Å². The van der Waals surface area contributed by atoms with Gasteiger partial charge in [0.2, 0.25) is 15.8 Å². The molecule has 2 aromatic carbocycles. The number of sulfonamides is 1. The van der Waals surface area contributed by atoms with Gasteiger partial charge in [-0.2, -0.15) is 5.10 Å². The molecule has 0 unspecified atom stereocenters. The minimum Gasteiger partial charge on any atom is -0.272 e. The molecule has 0 bridgehead atoms. The lowest BCUT2D eigenvalue weighted by molar-refractivity contribution is -0.384. The first-order valence-electron chi connectivity index (χ1n) is 6.57. The van der Waals surface area contributed by atoms with Crippen molar-refractivity contribution in [1.82, 2.24) is 0 Å². The number of nitro benzene ring substituents is 1. The van der Waals surface area contributed by atoms with Gasteiger partial charge in [-0.05, 0) is 12.1 Å². The first-order chi connectivity index (χ1) is 12.4. The standard InChI is InChI=1S/C13H7F5N4O4S/c14-9-6(10(15)12(17)13(18)11(9)16)4-20-21-7-2-1-5(27(19,25)26)3-8(7)22(23)24/h1-4,21H,(H2,19,25,26)/b20-4+. The van der Waals surface area contributed by atoms with Crippen LogP contribution in [0.1, 0.15) is 5.56 Å². The molecule has 0 aliphatic heterocycles. The lowest BCUT2D eigenvalue weighted by atomic mass is 10.2. The van der Waals surface area contributed by atoms with Gasteiger partial charge in [0.25, 0.3) is 5.69 Å². The summed E-state index contributed by atoms with van der Waals surface area (Å²) in [6.45, 7) is 0. The average Bonchev–Trinajstić information content (AvgIpc) is 2.60. The minimum absolute atomic E-state index is 0.216. The largest absolute Gasteiger partial charge is 0.295 e. The summed E-state index contributed by atoms with van der Waals surface area (Å²) in [5.74, 6) is -11.1. The van der Waals surface area contributed by atoms with E-state index in [9.17, 15) is 40.5 Å². The highest BCUT2D eigenvalue weighted by Gasteiger charge is 2.25. The number of halogens is 5. The van der Waals surface area contributed by atoms with Crippen LogP contribution in [0.25, 0.3) is 0 Å². The Morgan fingerprint density at radius 2 is 1.56 bits per heavy atom. The number of hydrazone groups is 1. The third-order valence-corrected chi connectivity index (χ3v) is 4.03. The maximum absolute atomic E-state index is 13.5. The van der Waals surface area contributed by atoms with Crippen molar-refractivity contribution in [1.29, 1.82) is 0 Å². The van der Waals surface area contributed by atoms with Crippen LogP contribution in [0.2, 0.25) is 0 Å². The SMILES string of the molecule is NS(=O)(=O)c1ccc(N/N=C/c2c(F)c(F)c(F)c(F)c2F)c([N+](=O)[O-])c1. The molecule has 0 heterocycles. The molecule has 8 nitrogen and oxygen atoms in total. The van der Waals surface area contributed by atoms with E-state index in [-0.39, 0.29) is 6.21 Å². The molecule has 2 aromatic rings. The molecular weight excluding hydrogens is 403 g/mol. The highest BCUT2D eigenvalue weighted by atomic mass is 32.2. The van der Waals surface area contributed by atoms with Gasteiger partial charge < -0.3 is 0 Å². The summed E-state index contributed by atoms with van der Waals surface area (Å²) in [6, 6.07) is 2.33. The van der Waals surface area contributed by atoms with E-state index < -0.39 is 65.9 Å². The van der Waals surface area contributed by atoms with E-state index in [1.165, 1.54) is 0 Å². The fraction of sp³-hybridized carbons (Fsp3) is 0. The normalized spacial score (nSPS) is 11.8. The number of benzene rings is 2. The molecule has 2 rings (SSSR count). The first-order valence-corrected chi connectivity index (χ1v) is 8.11. The van der Waals surface area contributed by atoms with Crippen molar-refractivity contribution in [3.8, 4) is 0 Å². The molecule has 0 radical (unpaired) electrons. The van der Waals surface area contributed by atoms with E-state index in [1.54, 1.807) is 0 Å². The number of nitrogens with one attached hydrogen (secondary N) is 1. The third kappa shape index (κ3) is 4.01. The van der Waals surface area contributed by atoms with Crippen molar-refractivity contribution in [3.05, 3.63) is 63.0 Å². The second kappa shape index (κ2) is 7.24. The summed E-state index contributed by atoms with van der Waals surface area (Å²) < 4.78 is 88.5. The zero-order valence-electron chi connectivity index (χ0n) is 12.7. The van der Waals surface area contributed by atoms with Gasteiger partial charge in [0.15, 0.2) is 23.3 Å². The number of hydrogen-bond donors (Lipinski definition) is 2. The van der Waals surface area contributed by atoms with Crippen molar-refractivity contribution < 1.29 is 35.3 Å². The molecule has 27 heavy (non-hydrogen) atoms. The Morgan fingerprint density at radius 3 is 2.04 bits per heavy atom. The van der Waals surface area contributed by atoms with E-state index in [1.807, 2.05) is 5.43 Å². The minimum atomic E-state index is -4.25. The second-order valence-electron chi connectivity index (χ2n) is 4.83. The van der Waals surface area contributed by atoms with Crippen LogP contribution in [-0.4, -0.2) is 19.6 Å². The predicted molar refractivity (Wildman–Crippen MR) is 81.9 cm³/mol. The Morgan fingerprint density at radius 1 is 1.04 bits per heavy atom. The van der Waals surface area contributed by atoms with E-state index in [2.05, 4.69) is 5.10 Å². The van der Waals surface area contributed by atoms with E-state index in [0.717, 1.165) is 12.1 Å². The molecule has 144 valence electrons. The van der Waals surface area contributed by atoms with E-state index >= 15 is 0 Å². The fourth-order valence-electron chi connectivity index (χ4n) is 1.84. The summed E-state index contributed by atoms with van der Waals surface area (Å²) in [4.78, 5) is 9.38. The van der Waals surface area contributed by atoms with Gasteiger partial charge >= 0.3 is 0 Å². The number of nitrogens with zero attached hydrogens (tertiary/aromatic N) is 2. The quantitative estimate of drug-likeness (QED) is 0.195. The molecule has 0 spiro atoms. The van der Waals surface area contributed by atoms with Crippen LogP contribution in [0.5, 0.6) is 0 Å². The topological polar surface area (TPSA) is 128 Å². The summed E-state index contributed by atoms with van der Waals surface area (Å²) in [7, 11) is -4.25. The van der Waals surface area contributed by atoms with Crippen LogP contribution in [0, 0.1) is 39.2 Å². The summed E-state index contributed by atoms with van der Waals surface area (Å²) >= 11 is 0. The monoisotopic (exact) mass is 410 g/mol. The summed E-state index contributed by atoms with van der Waals surface area (Å²) in [5, 5.41) is 19.0. The number of primary sulfonamides is 1. The van der Waals surface area contributed by atoms with Crippen LogP contribution in [0.3, 0.4) is 0 Å². The number of nitro groups is 1. The van der Waals surface area contributed by atoms with Crippen molar-refractivity contribution in [2.75, 3.05) is 5.43 Å². The fourth-order valence-corrected chi connectivity index (χ4v) is 2.37. The Labute approximate surface area is 147 Å². The number of anilines is 1. The van der Waals surface area contributed by atoms with Gasteiger partial charge in [-0.15, -0.1) is 0 Å². The van der Waals surface area contributed by atoms with Gasteiger partial charge in [-0.3, -0.25) is 15.5 Å². The Bertz CT molecular complexity index is 1050. The number of hydrogen-bond acceptors (Lipinski definition) is 6. The van der Waals surface area contributed by atoms with Crippen molar-refractivity contribution in [2.45, 2.75) is 4.90 Å². The molecule has 0 saturated carbocycles. The Hall–Kier alpha value is -3.13. The van der Waals surface area contributed by atoms with Crippen LogP contribution in [0.4, 0.5) is 33.3 Å². The van der Waals surface area contributed by atoms with Crippen LogP contribution < -0.4 is 10.6 Å². The first kappa shape index (κ1) is 20.2. The lowest BCUT2D eigenvalue weighted by Crippen LogP contribution is -2.12. The third-order valence-electron chi connectivity index (χ3n) is 3.12. The molecular formula is C13H7F5N4O4S. The van der Waals surface area contributed by atoms with Gasteiger partial charge in [0.05, 0.1) is 21.6 Å². The Kier molecular flexibility index (Phi) is 5.41. The smallest absolute Gasteiger partial charge is 0.272 e. The summed E-state index contributed by atoms with van der Waals surface area (Å²) in [5.41, 5.74) is -0.697.